The summed E-state index contributed by atoms with van der Waals surface area (Å²) >= 11 is 0. The second kappa shape index (κ2) is 20.5. The van der Waals surface area contributed by atoms with Crippen molar-refractivity contribution in [1.82, 2.24) is 14.9 Å². The molecule has 13 atom stereocenters. The Hall–Kier alpha value is -4.23. The molecule has 0 saturated carbocycles. The summed E-state index contributed by atoms with van der Waals surface area (Å²) < 4.78 is 32.5. The average molecular weight is 867 g/mol. The van der Waals surface area contributed by atoms with Gasteiger partial charge in [0.15, 0.2) is 12.1 Å². The number of hydrogen-bond donors (Lipinski definition) is 3. The predicted molar refractivity (Wildman–Crippen MR) is 231 cm³/mol. The molecule has 3 saturated heterocycles. The number of cyclic esters (lactones) is 1. The number of aliphatic imine (C=N–C) groups is 1. The van der Waals surface area contributed by atoms with E-state index in [-0.39, 0.29) is 50.5 Å². The van der Waals surface area contributed by atoms with Crippen molar-refractivity contribution >= 4 is 34.9 Å². The van der Waals surface area contributed by atoms with Gasteiger partial charge in [0.2, 0.25) is 5.91 Å². The molecule has 17 nitrogen and oxygen atoms in total. The first-order valence-electron chi connectivity index (χ1n) is 21.5. The van der Waals surface area contributed by atoms with Crippen LogP contribution >= 0.6 is 0 Å². The summed E-state index contributed by atoms with van der Waals surface area (Å²) in [6.45, 7) is 14.7. The van der Waals surface area contributed by atoms with Gasteiger partial charge in [-0.05, 0) is 85.2 Å². The molecule has 4 N–H and O–H groups in total. The Kier molecular flexibility index (Phi) is 16.1. The van der Waals surface area contributed by atoms with Crippen LogP contribution in [0.5, 0.6) is 0 Å². The molecule has 3 aliphatic heterocycles. The molecule has 2 aromatic heterocycles. The molecule has 2 bridgehead atoms. The minimum atomic E-state index is -1.87. The number of ether oxygens (including phenoxy) is 5. The third-order valence-corrected chi connectivity index (χ3v) is 12.5. The van der Waals surface area contributed by atoms with E-state index in [2.05, 4.69) is 20.1 Å². The number of rotatable bonds is 8. The van der Waals surface area contributed by atoms with Crippen molar-refractivity contribution in [2.45, 2.75) is 142 Å². The number of carbonyl (C=O) groups is 3. The molecule has 17 heteroatoms. The summed E-state index contributed by atoms with van der Waals surface area (Å²) in [7, 11) is 3.72. The fraction of sp³-hybridized carbons (Fsp3) is 0.667. The maximum atomic E-state index is 14.5. The Morgan fingerprint density at radius 2 is 1.79 bits per heavy atom. The lowest BCUT2D eigenvalue weighted by Gasteiger charge is -2.47. The van der Waals surface area contributed by atoms with Crippen molar-refractivity contribution in [2.24, 2.45) is 33.8 Å². The van der Waals surface area contributed by atoms with Gasteiger partial charge in [0.25, 0.3) is 0 Å². The van der Waals surface area contributed by atoms with Crippen LogP contribution in [0.4, 0.5) is 5.82 Å². The Morgan fingerprint density at radius 1 is 1.06 bits per heavy atom. The molecule has 5 heterocycles. The first-order valence-corrected chi connectivity index (χ1v) is 21.5. The van der Waals surface area contributed by atoms with Crippen LogP contribution < -0.4 is 5.73 Å². The van der Waals surface area contributed by atoms with Gasteiger partial charge >= 0.3 is 5.97 Å². The minimum Gasteiger partial charge on any atom is -0.459 e. The van der Waals surface area contributed by atoms with E-state index in [0.717, 1.165) is 0 Å². The Labute approximate surface area is 364 Å². The highest BCUT2D eigenvalue weighted by Crippen LogP contribution is 2.40. The van der Waals surface area contributed by atoms with E-state index < -0.39 is 83.2 Å². The zero-order valence-corrected chi connectivity index (χ0v) is 37.9. The highest BCUT2D eigenvalue weighted by atomic mass is 16.7. The van der Waals surface area contributed by atoms with Gasteiger partial charge in [0.05, 0.1) is 42.8 Å². The van der Waals surface area contributed by atoms with Gasteiger partial charge in [0.1, 0.15) is 41.9 Å². The number of carbonyl (C=O) groups excluding carboxylic acids is 3. The van der Waals surface area contributed by atoms with Gasteiger partial charge in [-0.25, -0.2) is 9.98 Å². The number of ketones is 1. The van der Waals surface area contributed by atoms with E-state index in [4.69, 9.17) is 34.3 Å². The monoisotopic (exact) mass is 866 g/mol. The second-order valence-electron chi connectivity index (χ2n) is 17.8. The van der Waals surface area contributed by atoms with Crippen LogP contribution in [-0.4, -0.2) is 136 Å². The molecule has 0 unspecified atom stereocenters. The zero-order chi connectivity index (χ0) is 45.7. The van der Waals surface area contributed by atoms with Gasteiger partial charge < -0.3 is 49.4 Å². The fourth-order valence-corrected chi connectivity index (χ4v) is 9.11. The average Bonchev–Trinajstić information content (AvgIpc) is 3.23. The van der Waals surface area contributed by atoms with Crippen LogP contribution in [0.3, 0.4) is 0 Å². The van der Waals surface area contributed by atoms with E-state index in [1.54, 1.807) is 52.2 Å². The van der Waals surface area contributed by atoms with Crippen LogP contribution in [0.1, 0.15) is 87.1 Å². The number of oxime groups is 1. The van der Waals surface area contributed by atoms with Gasteiger partial charge in [-0.15, -0.1) is 0 Å². The van der Waals surface area contributed by atoms with Crippen molar-refractivity contribution in [3.63, 3.8) is 0 Å². The quantitative estimate of drug-likeness (QED) is 0.192. The third-order valence-electron chi connectivity index (χ3n) is 12.5. The van der Waals surface area contributed by atoms with Gasteiger partial charge in [-0.2, -0.15) is 0 Å². The number of aromatic nitrogens is 2. The van der Waals surface area contributed by atoms with Crippen molar-refractivity contribution < 1.29 is 53.1 Å². The lowest BCUT2D eigenvalue weighted by Crippen LogP contribution is -2.60. The van der Waals surface area contributed by atoms with Crippen LogP contribution in [-0.2, 0) is 49.5 Å². The molecule has 0 radical (unpaired) electrons. The number of likely N-dealkylation sites (N-methyl/N-ethyl adjacent to an activating group) is 1. The summed E-state index contributed by atoms with van der Waals surface area (Å²) in [4.78, 5) is 62.3. The number of nitrogen functional groups attached to an aromatic ring is 1. The van der Waals surface area contributed by atoms with Crippen LogP contribution in [0.25, 0.3) is 11.3 Å². The van der Waals surface area contributed by atoms with E-state index in [9.17, 15) is 24.6 Å². The molecule has 3 aliphatic rings. The molecule has 3 fully saturated rings. The van der Waals surface area contributed by atoms with Gasteiger partial charge in [-0.1, -0.05) is 38.9 Å². The molecule has 0 aliphatic carbocycles. The SMILES string of the molecule is CC[C@H]1OC(=O)[C@H](C)C(=O)[C@H](C)[C@@H](O[C@@H]2O[C@H](C)C[C@H](N(C)C)[C@H]2O)[C@@]2(C)C[C@@H](C)C(=NC(C)=O)[C@H](C)[C@H](OC/C(=N\OCc3ccc(-c4cccnc4N)nc3)CO2)[C@]1(C)O. The van der Waals surface area contributed by atoms with Gasteiger partial charge in [0, 0.05) is 54.0 Å². The molecule has 342 valence electrons. The predicted octanol–water partition coefficient (Wildman–Crippen LogP) is 4.16. The number of aliphatic hydroxyl groups is 2. The van der Waals surface area contributed by atoms with Crippen LogP contribution in [0.15, 0.2) is 46.8 Å². The standard InChI is InChI=1S/C45H66N6O11/c1-12-35-45(9,56)40-26(4)36(49-29(7)52)24(2)19-44(8,39(27(5)37(53)28(6)42(55)61-35)62-43-38(54)34(51(10)11)18-25(3)60-43)58-23-31(22-57-40)50-59-21-30-15-16-33(48-20-30)32-14-13-17-47-41(32)46/h13-17,20,24-28,34-35,38-40,43,54,56H,12,18-19,21-23H2,1-11H3,(H2,46,47)/b49-36?,50-31+/t24-,25-,26+,27+,28-,34+,35-,38-,39-,40+,43+,44-,45-/m1/s1. The largest absolute Gasteiger partial charge is 0.459 e. The molecular formula is C45H66N6O11. The summed E-state index contributed by atoms with van der Waals surface area (Å²) in [5.74, 6) is -5.04. The lowest BCUT2D eigenvalue weighted by atomic mass is 9.73. The Balaban J connectivity index is 1.62. The molecule has 1 amide bonds. The molecule has 5 rings (SSSR count). The zero-order valence-electron chi connectivity index (χ0n) is 37.9. The fourth-order valence-electron chi connectivity index (χ4n) is 9.11. The molecule has 62 heavy (non-hydrogen) atoms. The number of anilines is 1. The van der Waals surface area contributed by atoms with E-state index in [1.807, 2.05) is 45.0 Å². The number of Topliss-reactive ketones (excluding diaryl/α,β-unsaturated/α-hetero) is 1. The van der Waals surface area contributed by atoms with Gasteiger partial charge in [-0.3, -0.25) is 19.4 Å². The number of nitrogens with zero attached hydrogens (tertiary/aromatic N) is 5. The maximum Gasteiger partial charge on any atom is 0.316 e. The summed E-state index contributed by atoms with van der Waals surface area (Å²) in [6, 6.07) is 6.92. The summed E-state index contributed by atoms with van der Waals surface area (Å²) in [5.41, 5.74) is 5.49. The number of aliphatic hydroxyl groups excluding tert-OH is 1. The Morgan fingerprint density at radius 3 is 2.42 bits per heavy atom. The number of nitrogens with two attached hydrogens (primary N) is 1. The van der Waals surface area contributed by atoms with E-state index >= 15 is 0 Å². The highest BCUT2D eigenvalue weighted by Gasteiger charge is 2.53. The molecular weight excluding hydrogens is 801 g/mol. The highest BCUT2D eigenvalue weighted by molar-refractivity contribution is 6.00. The number of hydrogen-bond acceptors (Lipinski definition) is 16. The normalized spacial score (nSPS) is 36.7. The number of amides is 1. The topological polar surface area (TPSA) is 227 Å². The number of pyridine rings is 2. The molecule has 0 aromatic carbocycles. The van der Waals surface area contributed by atoms with Crippen molar-refractivity contribution in [1.29, 1.82) is 0 Å². The third kappa shape index (κ3) is 11.1. The van der Waals surface area contributed by atoms with Crippen molar-refractivity contribution in [2.75, 3.05) is 33.0 Å². The summed E-state index contributed by atoms with van der Waals surface area (Å²) in [5, 5.41) is 28.6. The van der Waals surface area contributed by atoms with Crippen molar-refractivity contribution in [3.8, 4) is 11.3 Å². The first-order chi connectivity index (χ1) is 29.2. The smallest absolute Gasteiger partial charge is 0.316 e. The number of fused-ring (bicyclic) bond motifs is 5. The van der Waals surface area contributed by atoms with Crippen LogP contribution in [0.2, 0.25) is 0 Å². The van der Waals surface area contributed by atoms with Crippen molar-refractivity contribution in [3.05, 3.63) is 42.2 Å². The molecule has 2 aromatic rings. The lowest BCUT2D eigenvalue weighted by molar-refractivity contribution is -0.296. The first kappa shape index (κ1) is 48.8. The van der Waals surface area contributed by atoms with E-state index in [1.165, 1.54) is 20.8 Å². The molecule has 0 spiro atoms. The Bertz CT molecular complexity index is 1940. The number of esters is 1. The maximum absolute atomic E-state index is 14.5. The summed E-state index contributed by atoms with van der Waals surface area (Å²) in [6.07, 6.45) is -1.96. The van der Waals surface area contributed by atoms with Crippen LogP contribution in [0, 0.1) is 23.7 Å². The minimum absolute atomic E-state index is 0.0196. The van der Waals surface area contributed by atoms with E-state index in [0.29, 0.717) is 34.8 Å². The second-order valence-corrected chi connectivity index (χ2v) is 17.8.